The van der Waals surface area contributed by atoms with E-state index in [1.54, 1.807) is 24.3 Å². The number of hydrogen-bond donors (Lipinski definition) is 2. The third-order valence-corrected chi connectivity index (χ3v) is 3.19. The number of fused-ring (bicyclic) bond motifs is 1. The van der Waals surface area contributed by atoms with Gasteiger partial charge in [-0.2, -0.15) is 0 Å². The molecule has 3 rings (SSSR count). The van der Waals surface area contributed by atoms with Gasteiger partial charge in [-0.15, -0.1) is 0 Å². The van der Waals surface area contributed by atoms with Crippen molar-refractivity contribution in [3.05, 3.63) is 54.1 Å². The minimum atomic E-state index is -0.628. The number of carbonyl (C=O) groups is 1. The van der Waals surface area contributed by atoms with Gasteiger partial charge < -0.3 is 11.5 Å². The van der Waals surface area contributed by atoms with Gasteiger partial charge in [0.1, 0.15) is 18.0 Å². The first-order valence-electron chi connectivity index (χ1n) is 6.16. The van der Waals surface area contributed by atoms with E-state index in [-0.39, 0.29) is 17.2 Å². The van der Waals surface area contributed by atoms with E-state index in [1.807, 2.05) is 0 Å². The monoisotopic (exact) mass is 282 g/mol. The second kappa shape index (κ2) is 4.82. The summed E-state index contributed by atoms with van der Waals surface area (Å²) >= 11 is 0. The van der Waals surface area contributed by atoms with Gasteiger partial charge in [0.15, 0.2) is 0 Å². The third-order valence-electron chi connectivity index (χ3n) is 3.19. The molecular weight excluding hydrogens is 271 g/mol. The van der Waals surface area contributed by atoms with E-state index in [0.29, 0.717) is 22.0 Å². The second-order valence-electron chi connectivity index (χ2n) is 4.55. The Morgan fingerprint density at radius 1 is 1.10 bits per heavy atom. The Balaban J connectivity index is 2.35. The van der Waals surface area contributed by atoms with E-state index >= 15 is 0 Å². The lowest BCUT2D eigenvalue weighted by atomic mass is 9.99. The molecule has 0 bridgehead atoms. The van der Waals surface area contributed by atoms with Crippen molar-refractivity contribution in [3.8, 4) is 11.1 Å². The first-order chi connectivity index (χ1) is 10.1. The van der Waals surface area contributed by atoms with Gasteiger partial charge in [0.25, 0.3) is 5.91 Å². The lowest BCUT2D eigenvalue weighted by molar-refractivity contribution is 0.100. The van der Waals surface area contributed by atoms with Gasteiger partial charge in [0.2, 0.25) is 0 Å². The van der Waals surface area contributed by atoms with Crippen LogP contribution in [0.2, 0.25) is 0 Å². The largest absolute Gasteiger partial charge is 0.383 e. The number of rotatable bonds is 2. The smallest absolute Gasteiger partial charge is 0.250 e. The highest BCUT2D eigenvalue weighted by atomic mass is 19.1. The number of halogens is 1. The molecule has 0 spiro atoms. The van der Waals surface area contributed by atoms with Crippen molar-refractivity contribution in [2.24, 2.45) is 5.73 Å². The summed E-state index contributed by atoms with van der Waals surface area (Å²) < 4.78 is 13.4. The van der Waals surface area contributed by atoms with Crippen LogP contribution in [-0.4, -0.2) is 15.9 Å². The van der Waals surface area contributed by atoms with Crippen molar-refractivity contribution in [1.82, 2.24) is 9.97 Å². The molecule has 2 aromatic carbocycles. The van der Waals surface area contributed by atoms with Gasteiger partial charge >= 0.3 is 0 Å². The van der Waals surface area contributed by atoms with Gasteiger partial charge in [-0.25, -0.2) is 14.4 Å². The molecule has 0 atom stereocenters. The van der Waals surface area contributed by atoms with Crippen LogP contribution in [0.3, 0.4) is 0 Å². The summed E-state index contributed by atoms with van der Waals surface area (Å²) in [6, 6.07) is 9.32. The standard InChI is InChI=1S/C15H11FN4O/c16-10-3-1-2-8(4-10)9-5-11-13(12(6-9)15(18)21)19-7-20-14(11)17/h1-7H,(H2,18,21)(H2,17,19,20). The first-order valence-corrected chi connectivity index (χ1v) is 6.16. The van der Waals surface area contributed by atoms with Crippen LogP contribution in [0.4, 0.5) is 10.2 Å². The molecule has 1 amide bonds. The van der Waals surface area contributed by atoms with Crippen molar-refractivity contribution < 1.29 is 9.18 Å². The number of primary amides is 1. The summed E-state index contributed by atoms with van der Waals surface area (Å²) in [5.74, 6) is -0.761. The predicted molar refractivity (Wildman–Crippen MR) is 77.9 cm³/mol. The minimum absolute atomic E-state index is 0.223. The highest BCUT2D eigenvalue weighted by Gasteiger charge is 2.13. The third kappa shape index (κ3) is 2.27. The quantitative estimate of drug-likeness (QED) is 0.752. The summed E-state index contributed by atoms with van der Waals surface area (Å²) in [5.41, 5.74) is 13.1. The van der Waals surface area contributed by atoms with E-state index in [9.17, 15) is 9.18 Å². The fraction of sp³-hybridized carbons (Fsp3) is 0. The molecule has 0 aliphatic rings. The van der Waals surface area contributed by atoms with Crippen LogP contribution < -0.4 is 11.5 Å². The van der Waals surface area contributed by atoms with E-state index in [1.165, 1.54) is 18.5 Å². The number of nitrogens with zero attached hydrogens (tertiary/aromatic N) is 2. The van der Waals surface area contributed by atoms with Crippen molar-refractivity contribution in [2.75, 3.05) is 5.73 Å². The van der Waals surface area contributed by atoms with E-state index in [4.69, 9.17) is 11.5 Å². The Hall–Kier alpha value is -3.02. The zero-order valence-electron chi connectivity index (χ0n) is 10.9. The van der Waals surface area contributed by atoms with Crippen LogP contribution in [0, 0.1) is 5.82 Å². The molecule has 104 valence electrons. The lowest BCUT2D eigenvalue weighted by Crippen LogP contribution is -2.12. The second-order valence-corrected chi connectivity index (χ2v) is 4.55. The molecule has 0 saturated carbocycles. The molecule has 1 heterocycles. The molecular formula is C15H11FN4O. The van der Waals surface area contributed by atoms with Crippen LogP contribution in [-0.2, 0) is 0 Å². The maximum atomic E-state index is 13.4. The predicted octanol–water partition coefficient (Wildman–Crippen LogP) is 2.12. The number of benzene rings is 2. The molecule has 4 N–H and O–H groups in total. The van der Waals surface area contributed by atoms with Crippen molar-refractivity contribution >= 4 is 22.6 Å². The number of anilines is 1. The van der Waals surface area contributed by atoms with E-state index in [2.05, 4.69) is 9.97 Å². The fourth-order valence-corrected chi connectivity index (χ4v) is 2.21. The van der Waals surface area contributed by atoms with Crippen LogP contribution in [0.25, 0.3) is 22.0 Å². The Bertz CT molecular complexity index is 863. The molecule has 0 fully saturated rings. The van der Waals surface area contributed by atoms with Crippen LogP contribution in [0.5, 0.6) is 0 Å². The SMILES string of the molecule is NC(=O)c1cc(-c2cccc(F)c2)cc2c(N)ncnc12. The van der Waals surface area contributed by atoms with Crippen molar-refractivity contribution in [3.63, 3.8) is 0 Å². The zero-order chi connectivity index (χ0) is 15.0. The fourth-order valence-electron chi connectivity index (χ4n) is 2.21. The van der Waals surface area contributed by atoms with Gasteiger partial charge in [0.05, 0.1) is 11.1 Å². The average Bonchev–Trinajstić information content (AvgIpc) is 2.46. The van der Waals surface area contributed by atoms with Crippen LogP contribution in [0.1, 0.15) is 10.4 Å². The molecule has 5 nitrogen and oxygen atoms in total. The van der Waals surface area contributed by atoms with Crippen LogP contribution in [0.15, 0.2) is 42.7 Å². The molecule has 21 heavy (non-hydrogen) atoms. The number of aromatic nitrogens is 2. The number of amides is 1. The summed E-state index contributed by atoms with van der Waals surface area (Å²) in [7, 11) is 0. The lowest BCUT2D eigenvalue weighted by Gasteiger charge is -2.09. The minimum Gasteiger partial charge on any atom is -0.383 e. The summed E-state index contributed by atoms with van der Waals surface area (Å²) in [6.07, 6.45) is 1.27. The Morgan fingerprint density at radius 3 is 2.62 bits per heavy atom. The molecule has 0 radical (unpaired) electrons. The molecule has 6 heteroatoms. The van der Waals surface area contributed by atoms with E-state index in [0.717, 1.165) is 0 Å². The maximum absolute atomic E-state index is 13.4. The number of nitrogen functional groups attached to an aromatic ring is 1. The highest BCUT2D eigenvalue weighted by molar-refractivity contribution is 6.08. The van der Waals surface area contributed by atoms with Crippen molar-refractivity contribution in [1.29, 1.82) is 0 Å². The Morgan fingerprint density at radius 2 is 1.90 bits per heavy atom. The number of carbonyl (C=O) groups excluding carboxylic acids is 1. The Labute approximate surface area is 119 Å². The van der Waals surface area contributed by atoms with E-state index < -0.39 is 5.91 Å². The average molecular weight is 282 g/mol. The normalized spacial score (nSPS) is 10.7. The van der Waals surface area contributed by atoms with Gasteiger partial charge in [-0.1, -0.05) is 12.1 Å². The molecule has 0 aliphatic carbocycles. The molecule has 0 saturated heterocycles. The van der Waals surface area contributed by atoms with Gasteiger partial charge in [-0.05, 0) is 35.4 Å². The molecule has 1 aromatic heterocycles. The highest BCUT2D eigenvalue weighted by Crippen LogP contribution is 2.29. The van der Waals surface area contributed by atoms with Gasteiger partial charge in [-0.3, -0.25) is 4.79 Å². The summed E-state index contributed by atoms with van der Waals surface area (Å²) in [6.45, 7) is 0. The topological polar surface area (TPSA) is 94.9 Å². The first kappa shape index (κ1) is 13.0. The maximum Gasteiger partial charge on any atom is 0.250 e. The summed E-state index contributed by atoms with van der Waals surface area (Å²) in [4.78, 5) is 19.6. The van der Waals surface area contributed by atoms with Crippen LogP contribution >= 0.6 is 0 Å². The van der Waals surface area contributed by atoms with Gasteiger partial charge in [0, 0.05) is 5.39 Å². The molecule has 3 aromatic rings. The zero-order valence-corrected chi connectivity index (χ0v) is 10.9. The molecule has 0 unspecified atom stereocenters. The molecule has 0 aliphatic heterocycles. The van der Waals surface area contributed by atoms with Crippen molar-refractivity contribution in [2.45, 2.75) is 0 Å². The number of nitrogens with two attached hydrogens (primary N) is 2. The number of hydrogen-bond acceptors (Lipinski definition) is 4. The summed E-state index contributed by atoms with van der Waals surface area (Å²) in [5, 5.41) is 0.507. The Kier molecular flexibility index (Phi) is 2.98.